The molecule has 2 rings (SSSR count). The second-order valence-electron chi connectivity index (χ2n) is 6.23. The number of hydrogen-bond donors (Lipinski definition) is 3. The minimum Gasteiger partial charge on any atom is -0.456 e. The Kier molecular flexibility index (Phi) is 8.59. The van der Waals surface area contributed by atoms with Gasteiger partial charge in [0.05, 0.1) is 28.3 Å². The van der Waals surface area contributed by atoms with Crippen LogP contribution in [0.25, 0.3) is 0 Å². The molecule has 0 fully saturated rings. The van der Waals surface area contributed by atoms with Crippen LogP contribution >= 0.6 is 11.6 Å². The molecule has 12 heteroatoms. The number of para-hydroxylation sites is 1. The lowest BCUT2D eigenvalue weighted by molar-refractivity contribution is -0.148. The van der Waals surface area contributed by atoms with Crippen molar-refractivity contribution in [2.24, 2.45) is 0 Å². The van der Waals surface area contributed by atoms with Crippen LogP contribution in [0.5, 0.6) is 0 Å². The zero-order valence-corrected chi connectivity index (χ0v) is 17.0. The molecular weight excluding hydrogens is 455 g/mol. The third-order valence-electron chi connectivity index (χ3n) is 3.86. The third kappa shape index (κ3) is 7.58. The van der Waals surface area contributed by atoms with Gasteiger partial charge >= 0.3 is 12.1 Å². The predicted octanol–water partition coefficient (Wildman–Crippen LogP) is 3.08. The van der Waals surface area contributed by atoms with E-state index in [1.807, 2.05) is 5.32 Å². The highest BCUT2D eigenvalue weighted by molar-refractivity contribution is 6.33. The molecule has 3 amide bonds. The van der Waals surface area contributed by atoms with Crippen LogP contribution in [0, 0.1) is 0 Å². The summed E-state index contributed by atoms with van der Waals surface area (Å²) in [6.07, 6.45) is -5.48. The summed E-state index contributed by atoms with van der Waals surface area (Å²) < 4.78 is 43.4. The first-order valence-electron chi connectivity index (χ1n) is 9.03. The number of nitrogens with one attached hydrogen (secondary N) is 3. The van der Waals surface area contributed by atoms with Crippen LogP contribution in [0.15, 0.2) is 48.5 Å². The fraction of sp³-hybridized carbons (Fsp3) is 0.200. The number of benzene rings is 2. The van der Waals surface area contributed by atoms with Gasteiger partial charge in [-0.15, -0.1) is 0 Å². The van der Waals surface area contributed by atoms with E-state index < -0.39 is 54.1 Å². The number of hydrogen-bond acceptors (Lipinski definition) is 5. The molecule has 0 bridgehead atoms. The molecule has 3 N–H and O–H groups in total. The fourth-order valence-electron chi connectivity index (χ4n) is 2.36. The average molecular weight is 472 g/mol. The molecule has 0 unspecified atom stereocenters. The quantitative estimate of drug-likeness (QED) is 0.424. The van der Waals surface area contributed by atoms with E-state index in [0.717, 1.165) is 12.1 Å². The zero-order valence-electron chi connectivity index (χ0n) is 16.3. The average Bonchev–Trinajstić information content (AvgIpc) is 2.74. The Morgan fingerprint density at radius 1 is 0.875 bits per heavy atom. The van der Waals surface area contributed by atoms with Crippen LogP contribution in [0.3, 0.4) is 0 Å². The van der Waals surface area contributed by atoms with Gasteiger partial charge in [-0.05, 0) is 24.3 Å². The summed E-state index contributed by atoms with van der Waals surface area (Å²) in [5.41, 5.74) is 2.83. The fourth-order valence-corrected chi connectivity index (χ4v) is 2.58. The van der Waals surface area contributed by atoms with E-state index in [9.17, 15) is 32.3 Å². The maximum Gasteiger partial charge on any atom is 0.418 e. The highest BCUT2D eigenvalue weighted by atomic mass is 35.5. The van der Waals surface area contributed by atoms with E-state index >= 15 is 0 Å². The number of halogens is 4. The Morgan fingerprint density at radius 3 is 2.22 bits per heavy atom. The molecule has 0 atom stereocenters. The highest BCUT2D eigenvalue weighted by Gasteiger charge is 2.33. The second kappa shape index (κ2) is 11.1. The second-order valence-corrected chi connectivity index (χ2v) is 6.64. The van der Waals surface area contributed by atoms with E-state index in [0.29, 0.717) is 0 Å². The molecule has 0 saturated carbocycles. The summed E-state index contributed by atoms with van der Waals surface area (Å²) in [7, 11) is 0. The molecule has 2 aromatic carbocycles. The first-order valence-corrected chi connectivity index (χ1v) is 9.41. The van der Waals surface area contributed by atoms with Gasteiger partial charge < -0.3 is 10.1 Å². The number of carbonyl (C=O) groups excluding carboxylic acids is 4. The lowest BCUT2D eigenvalue weighted by Crippen LogP contribution is -2.41. The molecular formula is C20H17ClF3N3O5. The number of rotatable bonds is 7. The van der Waals surface area contributed by atoms with Gasteiger partial charge in [-0.1, -0.05) is 35.9 Å². The molecule has 8 nitrogen and oxygen atoms in total. The van der Waals surface area contributed by atoms with Crippen LogP contribution in [0.2, 0.25) is 5.02 Å². The Bertz CT molecular complexity index is 1010. The van der Waals surface area contributed by atoms with Gasteiger partial charge in [0, 0.05) is 6.42 Å². The van der Waals surface area contributed by atoms with Gasteiger partial charge in [0.25, 0.3) is 11.8 Å². The molecule has 0 aliphatic heterocycles. The third-order valence-corrected chi connectivity index (χ3v) is 4.19. The standard InChI is InChI=1S/C20H17ClF3N3O5/c21-14-7-3-1-5-12(14)19(31)27-26-16(28)9-10-18(30)32-11-17(29)25-15-8-4-2-6-13(15)20(22,23)24/h1-8H,9-11H2,(H,25,29)(H,26,28)(H,27,31). The highest BCUT2D eigenvalue weighted by Crippen LogP contribution is 2.34. The van der Waals surface area contributed by atoms with Gasteiger partial charge in [-0.2, -0.15) is 13.2 Å². The minimum absolute atomic E-state index is 0.131. The van der Waals surface area contributed by atoms with Crippen molar-refractivity contribution in [3.63, 3.8) is 0 Å². The largest absolute Gasteiger partial charge is 0.456 e. The number of ether oxygens (including phenoxy) is 1. The summed E-state index contributed by atoms with van der Waals surface area (Å²) in [5, 5.41) is 2.20. The van der Waals surface area contributed by atoms with Crippen molar-refractivity contribution < 1.29 is 37.1 Å². The summed E-state index contributed by atoms with van der Waals surface area (Å²) in [4.78, 5) is 47.1. The molecule has 0 radical (unpaired) electrons. The van der Waals surface area contributed by atoms with Crippen molar-refractivity contribution >= 4 is 41.0 Å². The summed E-state index contributed by atoms with van der Waals surface area (Å²) in [6.45, 7) is -0.837. The monoisotopic (exact) mass is 471 g/mol. The summed E-state index contributed by atoms with van der Waals surface area (Å²) in [6, 6.07) is 10.5. The van der Waals surface area contributed by atoms with E-state index in [2.05, 4.69) is 15.6 Å². The van der Waals surface area contributed by atoms with Crippen molar-refractivity contribution in [2.75, 3.05) is 11.9 Å². The molecule has 0 saturated heterocycles. The van der Waals surface area contributed by atoms with Crippen molar-refractivity contribution in [3.05, 3.63) is 64.7 Å². The van der Waals surface area contributed by atoms with Gasteiger partial charge in [0.2, 0.25) is 5.91 Å². The van der Waals surface area contributed by atoms with Gasteiger partial charge in [-0.25, -0.2) is 0 Å². The van der Waals surface area contributed by atoms with Crippen LogP contribution in [-0.4, -0.2) is 30.3 Å². The van der Waals surface area contributed by atoms with Crippen molar-refractivity contribution in [1.82, 2.24) is 10.9 Å². The van der Waals surface area contributed by atoms with Crippen LogP contribution < -0.4 is 16.2 Å². The molecule has 0 aromatic heterocycles. The Labute approximate surface area is 185 Å². The Hall–Kier alpha value is -3.60. The van der Waals surface area contributed by atoms with Gasteiger partial charge in [0.15, 0.2) is 6.61 Å². The molecule has 2 aromatic rings. The number of hydrazine groups is 1. The molecule has 0 heterocycles. The van der Waals surface area contributed by atoms with Crippen LogP contribution in [-0.2, 0) is 25.3 Å². The number of carbonyl (C=O) groups is 4. The Morgan fingerprint density at radius 2 is 1.53 bits per heavy atom. The van der Waals surface area contributed by atoms with E-state index in [1.165, 1.54) is 24.3 Å². The number of esters is 1. The lowest BCUT2D eigenvalue weighted by Gasteiger charge is -2.13. The molecule has 0 aliphatic carbocycles. The smallest absolute Gasteiger partial charge is 0.418 e. The van der Waals surface area contributed by atoms with Crippen molar-refractivity contribution in [1.29, 1.82) is 0 Å². The van der Waals surface area contributed by atoms with Crippen LogP contribution in [0.1, 0.15) is 28.8 Å². The molecule has 0 aliphatic rings. The van der Waals surface area contributed by atoms with Gasteiger partial charge in [-0.3, -0.25) is 30.0 Å². The topological polar surface area (TPSA) is 114 Å². The maximum atomic E-state index is 12.9. The van der Waals surface area contributed by atoms with E-state index in [4.69, 9.17) is 11.6 Å². The number of anilines is 1. The molecule has 170 valence electrons. The van der Waals surface area contributed by atoms with Crippen molar-refractivity contribution in [3.8, 4) is 0 Å². The lowest BCUT2D eigenvalue weighted by atomic mass is 10.1. The summed E-state index contributed by atoms with van der Waals surface area (Å²) in [5.74, 6) is -3.29. The maximum absolute atomic E-state index is 12.9. The minimum atomic E-state index is -4.67. The van der Waals surface area contributed by atoms with Crippen molar-refractivity contribution in [2.45, 2.75) is 19.0 Å². The normalized spacial score (nSPS) is 10.8. The first kappa shape index (κ1) is 24.7. The SMILES string of the molecule is O=C(CCC(=O)OCC(=O)Nc1ccccc1C(F)(F)F)NNC(=O)c1ccccc1Cl. The Balaban J connectivity index is 1.72. The molecule has 32 heavy (non-hydrogen) atoms. The molecule has 0 spiro atoms. The number of amides is 3. The first-order chi connectivity index (χ1) is 15.1. The predicted molar refractivity (Wildman–Crippen MR) is 107 cm³/mol. The van der Waals surface area contributed by atoms with Gasteiger partial charge in [0.1, 0.15) is 0 Å². The van der Waals surface area contributed by atoms with Crippen LogP contribution in [0.4, 0.5) is 18.9 Å². The van der Waals surface area contributed by atoms with E-state index in [-0.39, 0.29) is 17.0 Å². The summed E-state index contributed by atoms with van der Waals surface area (Å²) >= 11 is 5.86. The van der Waals surface area contributed by atoms with E-state index in [1.54, 1.807) is 12.1 Å². The zero-order chi connectivity index (χ0) is 23.7. The number of alkyl halides is 3.